The Bertz CT molecular complexity index is 1090. The fourth-order valence-electron chi connectivity index (χ4n) is 4.24. The van der Waals surface area contributed by atoms with Gasteiger partial charge in [-0.05, 0) is 53.9 Å². The molecule has 0 unspecified atom stereocenters. The van der Waals surface area contributed by atoms with Gasteiger partial charge in [0.1, 0.15) is 29.3 Å². The van der Waals surface area contributed by atoms with Gasteiger partial charge < -0.3 is 29.0 Å². The lowest BCUT2D eigenvalue weighted by Crippen LogP contribution is -3.00. The highest BCUT2D eigenvalue weighted by molar-refractivity contribution is 7.95. The van der Waals surface area contributed by atoms with E-state index < -0.39 is 7.26 Å². The van der Waals surface area contributed by atoms with Gasteiger partial charge in [-0.25, -0.2) is 0 Å². The van der Waals surface area contributed by atoms with Crippen molar-refractivity contribution in [2.24, 2.45) is 0 Å². The summed E-state index contributed by atoms with van der Waals surface area (Å²) in [7, 11) is -1.86. The van der Waals surface area contributed by atoms with Crippen molar-refractivity contribution in [2.75, 3.05) is 0 Å². The van der Waals surface area contributed by atoms with Crippen LogP contribution in [0.25, 0.3) is 10.9 Å². The number of nitrogens with one attached hydrogen (secondary N) is 1. The van der Waals surface area contributed by atoms with Gasteiger partial charge in [-0.3, -0.25) is 0 Å². The average Bonchev–Trinajstić information content (AvgIpc) is 3.22. The number of H-pyrrole nitrogens is 1. The molecule has 0 aliphatic rings. The number of hydrogen-bond donors (Lipinski definition) is 1. The highest BCUT2D eigenvalue weighted by Crippen LogP contribution is 2.58. The van der Waals surface area contributed by atoms with Crippen LogP contribution in [-0.4, -0.2) is 4.98 Å². The topological polar surface area (TPSA) is 15.8 Å². The van der Waals surface area contributed by atoms with E-state index in [-0.39, 0.29) is 24.0 Å². The van der Waals surface area contributed by atoms with Crippen molar-refractivity contribution in [1.82, 2.24) is 4.98 Å². The van der Waals surface area contributed by atoms with Gasteiger partial charge >= 0.3 is 0 Å². The summed E-state index contributed by atoms with van der Waals surface area (Å²) in [6.45, 7) is 0. The first-order chi connectivity index (χ1) is 14.4. The number of aromatic amines is 1. The Morgan fingerprint density at radius 2 is 0.967 bits per heavy atom. The maximum atomic E-state index is 3.69. The highest BCUT2D eigenvalue weighted by Gasteiger charge is 2.45. The molecule has 0 amide bonds. The van der Waals surface area contributed by atoms with Gasteiger partial charge in [-0.2, -0.15) is 0 Å². The van der Waals surface area contributed by atoms with Crippen LogP contribution in [0, 0.1) is 0 Å². The van der Waals surface area contributed by atoms with Crippen LogP contribution in [0.2, 0.25) is 0 Å². The highest BCUT2D eigenvalue weighted by atomic mass is 127. The zero-order chi connectivity index (χ0) is 19.5. The lowest BCUT2D eigenvalue weighted by Gasteiger charge is -2.27. The van der Waals surface area contributed by atoms with Crippen molar-refractivity contribution in [1.29, 1.82) is 0 Å². The summed E-state index contributed by atoms with van der Waals surface area (Å²) in [5, 5.41) is 5.51. The van der Waals surface area contributed by atoms with Gasteiger partial charge in [-0.1, -0.05) is 72.8 Å². The molecule has 0 saturated carbocycles. The first-order valence-corrected chi connectivity index (χ1v) is 12.0. The average molecular weight is 519 g/mol. The summed E-state index contributed by atoms with van der Waals surface area (Å²) in [4.78, 5) is 3.69. The first kappa shape index (κ1) is 20.8. The standard InChI is InChI=1S/C27H23NP.HI/c1-4-13-24(14-5-1)29(25-15-6-2-7-16-25,26-17-8-3-9-18-26)21-23-20-22-12-10-11-19-27(22)28-23;/h1-20,28H,21H2;1H/q+1;/p-1. The maximum Gasteiger partial charge on any atom is 0.118 e. The molecule has 5 rings (SSSR count). The van der Waals surface area contributed by atoms with E-state index in [1.54, 1.807) is 0 Å². The predicted octanol–water partition coefficient (Wildman–Crippen LogP) is 2.67. The molecule has 0 fully saturated rings. The second kappa shape index (κ2) is 9.16. The zero-order valence-electron chi connectivity index (χ0n) is 16.6. The van der Waals surface area contributed by atoms with Crippen molar-refractivity contribution in [3.05, 3.63) is 127 Å². The molecule has 1 aromatic heterocycles. The van der Waals surface area contributed by atoms with Gasteiger partial charge in [0, 0.05) is 5.52 Å². The third-order valence-corrected chi connectivity index (χ3v) is 9.94. The van der Waals surface area contributed by atoms with E-state index in [0.717, 1.165) is 6.16 Å². The van der Waals surface area contributed by atoms with Crippen LogP contribution in [0.5, 0.6) is 0 Å². The molecule has 0 spiro atoms. The molecule has 0 aliphatic carbocycles. The quantitative estimate of drug-likeness (QED) is 0.272. The Morgan fingerprint density at radius 3 is 1.43 bits per heavy atom. The molecule has 0 bridgehead atoms. The molecule has 0 saturated heterocycles. The minimum absolute atomic E-state index is 0. The number of aromatic nitrogens is 1. The summed E-state index contributed by atoms with van der Waals surface area (Å²) in [5.41, 5.74) is 2.49. The van der Waals surface area contributed by atoms with Crippen LogP contribution < -0.4 is 39.9 Å². The van der Waals surface area contributed by atoms with Crippen LogP contribution in [0.4, 0.5) is 0 Å². The zero-order valence-corrected chi connectivity index (χ0v) is 19.6. The summed E-state index contributed by atoms with van der Waals surface area (Å²) in [6.07, 6.45) is 0.972. The maximum absolute atomic E-state index is 3.69. The minimum atomic E-state index is -1.86. The fraction of sp³-hybridized carbons (Fsp3) is 0.0370. The van der Waals surface area contributed by atoms with Gasteiger partial charge in [-0.15, -0.1) is 0 Å². The smallest absolute Gasteiger partial charge is 0.118 e. The van der Waals surface area contributed by atoms with Gasteiger partial charge in [0.15, 0.2) is 0 Å². The van der Waals surface area contributed by atoms with Crippen molar-refractivity contribution >= 4 is 34.1 Å². The molecule has 1 N–H and O–H groups in total. The minimum Gasteiger partial charge on any atom is -1.00 e. The van der Waals surface area contributed by atoms with E-state index in [1.165, 1.54) is 32.5 Å². The van der Waals surface area contributed by atoms with Crippen molar-refractivity contribution in [3.63, 3.8) is 0 Å². The molecule has 1 heterocycles. The van der Waals surface area contributed by atoms with Crippen LogP contribution in [0.15, 0.2) is 121 Å². The van der Waals surface area contributed by atoms with Gasteiger partial charge in [0.2, 0.25) is 0 Å². The van der Waals surface area contributed by atoms with Gasteiger partial charge in [0.05, 0.1) is 5.69 Å². The monoisotopic (exact) mass is 519 g/mol. The summed E-state index contributed by atoms with van der Waals surface area (Å²) < 4.78 is 0. The van der Waals surface area contributed by atoms with E-state index in [1.807, 2.05) is 0 Å². The molecule has 4 aromatic carbocycles. The normalized spacial score (nSPS) is 11.2. The Kier molecular flexibility index (Phi) is 6.36. The lowest BCUT2D eigenvalue weighted by atomic mass is 10.2. The molecule has 0 atom stereocenters. The largest absolute Gasteiger partial charge is 1.00 e. The Morgan fingerprint density at radius 1 is 0.533 bits per heavy atom. The van der Waals surface area contributed by atoms with E-state index in [4.69, 9.17) is 0 Å². The number of fused-ring (bicyclic) bond motifs is 1. The summed E-state index contributed by atoms with van der Waals surface area (Å²) >= 11 is 0. The van der Waals surface area contributed by atoms with E-state index in [0.29, 0.717) is 0 Å². The number of halogens is 1. The molecular weight excluding hydrogens is 496 g/mol. The molecule has 30 heavy (non-hydrogen) atoms. The number of hydrogen-bond acceptors (Lipinski definition) is 0. The molecule has 3 heteroatoms. The first-order valence-electron chi connectivity index (χ1n) is 9.98. The fourth-order valence-corrected chi connectivity index (χ4v) is 8.41. The summed E-state index contributed by atoms with van der Waals surface area (Å²) in [6, 6.07) is 44.0. The molecule has 0 radical (unpaired) electrons. The molecular formula is C27H23INP. The van der Waals surface area contributed by atoms with Crippen LogP contribution in [0.1, 0.15) is 5.69 Å². The molecule has 5 aromatic rings. The second-order valence-corrected chi connectivity index (χ2v) is 10.8. The Hall–Kier alpha value is -2.42. The van der Waals surface area contributed by atoms with Crippen LogP contribution in [-0.2, 0) is 6.16 Å². The van der Waals surface area contributed by atoms with Crippen LogP contribution >= 0.6 is 7.26 Å². The van der Waals surface area contributed by atoms with Crippen molar-refractivity contribution in [2.45, 2.75) is 6.16 Å². The second-order valence-electron chi connectivity index (χ2n) is 7.36. The number of benzene rings is 4. The summed E-state index contributed by atoms with van der Waals surface area (Å²) in [5.74, 6) is 0. The molecule has 1 nitrogen and oxygen atoms in total. The number of rotatable bonds is 5. The lowest BCUT2D eigenvalue weighted by molar-refractivity contribution is -0.00000566. The van der Waals surface area contributed by atoms with Gasteiger partial charge in [0.25, 0.3) is 0 Å². The van der Waals surface area contributed by atoms with Crippen molar-refractivity contribution < 1.29 is 24.0 Å². The predicted molar refractivity (Wildman–Crippen MR) is 127 cm³/mol. The van der Waals surface area contributed by atoms with Crippen LogP contribution in [0.3, 0.4) is 0 Å². The third-order valence-electron chi connectivity index (χ3n) is 5.58. The third kappa shape index (κ3) is 3.82. The van der Waals surface area contributed by atoms with E-state index in [2.05, 4.69) is 126 Å². The molecule has 148 valence electrons. The SMILES string of the molecule is [I-].c1ccc([P+](Cc2cc3ccccc3[nH]2)(c2ccccc2)c2ccccc2)cc1. The Labute approximate surface area is 195 Å². The van der Waals surface area contributed by atoms with E-state index in [9.17, 15) is 0 Å². The number of para-hydroxylation sites is 1. The van der Waals surface area contributed by atoms with Crippen molar-refractivity contribution in [3.8, 4) is 0 Å². The van der Waals surface area contributed by atoms with E-state index >= 15 is 0 Å². The molecule has 0 aliphatic heterocycles. The Balaban J connectivity index is 0.00000218.